The fraction of sp³-hybridized carbons (Fsp3) is 0.538. The zero-order chi connectivity index (χ0) is 12.0. The second kappa shape index (κ2) is 6.63. The summed E-state index contributed by atoms with van der Waals surface area (Å²) in [5.41, 5.74) is 8.15. The third kappa shape index (κ3) is 3.30. The number of nitrogens with two attached hydrogens (primary N) is 1. The van der Waals surface area contributed by atoms with Crippen molar-refractivity contribution in [3.8, 4) is 0 Å². The minimum Gasteiger partial charge on any atom is -0.394 e. The first-order chi connectivity index (χ1) is 7.72. The average molecular weight is 222 g/mol. The summed E-state index contributed by atoms with van der Waals surface area (Å²) in [6.07, 6.45) is 0. The molecule has 1 rings (SSSR count). The summed E-state index contributed by atoms with van der Waals surface area (Å²) in [6.45, 7) is 7.25. The maximum Gasteiger partial charge on any atom is 0.0624 e. The fourth-order valence-electron chi connectivity index (χ4n) is 1.83. The van der Waals surface area contributed by atoms with Gasteiger partial charge in [0.25, 0.3) is 0 Å². The van der Waals surface area contributed by atoms with Gasteiger partial charge in [0.15, 0.2) is 0 Å². The van der Waals surface area contributed by atoms with E-state index < -0.39 is 0 Å². The Labute approximate surface area is 97.9 Å². The van der Waals surface area contributed by atoms with Crippen molar-refractivity contribution in [1.29, 1.82) is 0 Å². The van der Waals surface area contributed by atoms with Gasteiger partial charge in [-0.25, -0.2) is 0 Å². The standard InChI is InChI=1S/C13H22N2O/c1-3-15(4-2)9-11-7-5-6-8-12(11)13(14)10-16/h5-8,13,16H,3-4,9-10,14H2,1-2H3. The quantitative estimate of drug-likeness (QED) is 0.767. The highest BCUT2D eigenvalue weighted by molar-refractivity contribution is 5.29. The smallest absolute Gasteiger partial charge is 0.0624 e. The van der Waals surface area contributed by atoms with Crippen LogP contribution in [0.15, 0.2) is 24.3 Å². The predicted molar refractivity (Wildman–Crippen MR) is 67.1 cm³/mol. The maximum absolute atomic E-state index is 9.12. The summed E-state index contributed by atoms with van der Waals surface area (Å²) in [5, 5.41) is 9.12. The van der Waals surface area contributed by atoms with E-state index in [9.17, 15) is 0 Å². The molecule has 3 N–H and O–H groups in total. The van der Waals surface area contributed by atoms with Gasteiger partial charge in [0.05, 0.1) is 12.6 Å². The molecular formula is C13H22N2O. The number of rotatable bonds is 6. The molecule has 0 saturated carbocycles. The minimum absolute atomic E-state index is 0.00470. The molecule has 0 aromatic heterocycles. The Morgan fingerprint density at radius 3 is 2.44 bits per heavy atom. The zero-order valence-electron chi connectivity index (χ0n) is 10.2. The van der Waals surface area contributed by atoms with Gasteiger partial charge in [0.1, 0.15) is 0 Å². The molecule has 0 bridgehead atoms. The van der Waals surface area contributed by atoms with Crippen molar-refractivity contribution in [2.45, 2.75) is 26.4 Å². The lowest BCUT2D eigenvalue weighted by molar-refractivity contribution is 0.263. The molecule has 3 heteroatoms. The van der Waals surface area contributed by atoms with Crippen molar-refractivity contribution in [2.75, 3.05) is 19.7 Å². The molecule has 0 aliphatic heterocycles. The Balaban J connectivity index is 2.86. The second-order valence-electron chi connectivity index (χ2n) is 3.95. The molecule has 0 saturated heterocycles. The molecule has 0 fully saturated rings. The van der Waals surface area contributed by atoms with Crippen LogP contribution in [0.5, 0.6) is 0 Å². The molecule has 0 aliphatic carbocycles. The minimum atomic E-state index is -0.272. The van der Waals surface area contributed by atoms with Crippen molar-refractivity contribution in [1.82, 2.24) is 4.90 Å². The molecular weight excluding hydrogens is 200 g/mol. The largest absolute Gasteiger partial charge is 0.394 e. The summed E-state index contributed by atoms with van der Waals surface area (Å²) < 4.78 is 0. The third-order valence-corrected chi connectivity index (χ3v) is 2.94. The fourth-order valence-corrected chi connectivity index (χ4v) is 1.83. The van der Waals surface area contributed by atoms with Gasteiger partial charge in [-0.15, -0.1) is 0 Å². The first kappa shape index (κ1) is 13.2. The van der Waals surface area contributed by atoms with E-state index in [4.69, 9.17) is 10.8 Å². The first-order valence-corrected chi connectivity index (χ1v) is 5.89. The molecule has 90 valence electrons. The Hall–Kier alpha value is -0.900. The second-order valence-corrected chi connectivity index (χ2v) is 3.95. The van der Waals surface area contributed by atoms with Crippen molar-refractivity contribution >= 4 is 0 Å². The van der Waals surface area contributed by atoms with E-state index in [-0.39, 0.29) is 12.6 Å². The summed E-state index contributed by atoms with van der Waals surface area (Å²) in [4.78, 5) is 2.34. The highest BCUT2D eigenvalue weighted by Crippen LogP contribution is 2.17. The average Bonchev–Trinajstić information content (AvgIpc) is 2.35. The van der Waals surface area contributed by atoms with E-state index in [1.54, 1.807) is 0 Å². The summed E-state index contributed by atoms with van der Waals surface area (Å²) >= 11 is 0. The predicted octanol–water partition coefficient (Wildman–Crippen LogP) is 1.52. The molecule has 1 aromatic carbocycles. The van der Waals surface area contributed by atoms with Crippen LogP contribution >= 0.6 is 0 Å². The van der Waals surface area contributed by atoms with E-state index in [1.165, 1.54) is 5.56 Å². The number of benzene rings is 1. The zero-order valence-corrected chi connectivity index (χ0v) is 10.2. The third-order valence-electron chi connectivity index (χ3n) is 2.94. The van der Waals surface area contributed by atoms with Gasteiger partial charge in [0.2, 0.25) is 0 Å². The van der Waals surface area contributed by atoms with E-state index in [2.05, 4.69) is 24.8 Å². The van der Waals surface area contributed by atoms with Crippen LogP contribution in [-0.4, -0.2) is 29.7 Å². The van der Waals surface area contributed by atoms with Gasteiger partial charge in [0, 0.05) is 6.54 Å². The molecule has 3 nitrogen and oxygen atoms in total. The lowest BCUT2D eigenvalue weighted by atomic mass is 10.0. The summed E-state index contributed by atoms with van der Waals surface area (Å²) in [7, 11) is 0. The van der Waals surface area contributed by atoms with Crippen LogP contribution in [0, 0.1) is 0 Å². The van der Waals surface area contributed by atoms with Gasteiger partial charge < -0.3 is 10.8 Å². The van der Waals surface area contributed by atoms with Crippen LogP contribution in [0.1, 0.15) is 31.0 Å². The number of nitrogens with zero attached hydrogens (tertiary/aromatic N) is 1. The molecule has 1 unspecified atom stereocenters. The van der Waals surface area contributed by atoms with E-state index in [0.717, 1.165) is 25.2 Å². The van der Waals surface area contributed by atoms with Crippen LogP contribution < -0.4 is 5.73 Å². The molecule has 0 heterocycles. The molecule has 1 aromatic rings. The summed E-state index contributed by atoms with van der Waals surface area (Å²) in [5.74, 6) is 0. The Kier molecular flexibility index (Phi) is 5.46. The van der Waals surface area contributed by atoms with Gasteiger partial charge in [-0.3, -0.25) is 4.90 Å². The number of aliphatic hydroxyl groups excluding tert-OH is 1. The number of aliphatic hydroxyl groups is 1. The molecule has 1 atom stereocenters. The van der Waals surface area contributed by atoms with Crippen LogP contribution in [0.4, 0.5) is 0 Å². The van der Waals surface area contributed by atoms with Gasteiger partial charge in [-0.1, -0.05) is 38.1 Å². The van der Waals surface area contributed by atoms with Crippen LogP contribution in [0.2, 0.25) is 0 Å². The van der Waals surface area contributed by atoms with Crippen molar-refractivity contribution in [3.63, 3.8) is 0 Å². The molecule has 0 aliphatic rings. The van der Waals surface area contributed by atoms with Crippen LogP contribution in [0.25, 0.3) is 0 Å². The van der Waals surface area contributed by atoms with Gasteiger partial charge >= 0.3 is 0 Å². The summed E-state index contributed by atoms with van der Waals surface area (Å²) in [6, 6.07) is 7.80. The maximum atomic E-state index is 9.12. The molecule has 0 radical (unpaired) electrons. The first-order valence-electron chi connectivity index (χ1n) is 5.89. The Bertz CT molecular complexity index is 311. The molecule has 0 amide bonds. The lowest BCUT2D eigenvalue weighted by Gasteiger charge is -2.21. The van der Waals surface area contributed by atoms with Crippen molar-refractivity contribution in [3.05, 3.63) is 35.4 Å². The van der Waals surface area contributed by atoms with Crippen LogP contribution in [-0.2, 0) is 6.54 Å². The Morgan fingerprint density at radius 1 is 1.25 bits per heavy atom. The Morgan fingerprint density at radius 2 is 1.88 bits per heavy atom. The van der Waals surface area contributed by atoms with Crippen molar-refractivity contribution < 1.29 is 5.11 Å². The SMILES string of the molecule is CCN(CC)Cc1ccccc1C(N)CO. The molecule has 16 heavy (non-hydrogen) atoms. The van der Waals surface area contributed by atoms with E-state index >= 15 is 0 Å². The van der Waals surface area contributed by atoms with Gasteiger partial charge in [-0.2, -0.15) is 0 Å². The monoisotopic (exact) mass is 222 g/mol. The lowest BCUT2D eigenvalue weighted by Crippen LogP contribution is -2.24. The number of hydrogen-bond acceptors (Lipinski definition) is 3. The van der Waals surface area contributed by atoms with Gasteiger partial charge in [-0.05, 0) is 24.2 Å². The van der Waals surface area contributed by atoms with Crippen LogP contribution in [0.3, 0.4) is 0 Å². The van der Waals surface area contributed by atoms with Crippen molar-refractivity contribution in [2.24, 2.45) is 5.73 Å². The highest BCUT2D eigenvalue weighted by Gasteiger charge is 2.11. The normalized spacial score (nSPS) is 13.1. The molecule has 0 spiro atoms. The van der Waals surface area contributed by atoms with E-state index in [1.807, 2.05) is 18.2 Å². The topological polar surface area (TPSA) is 49.5 Å². The number of hydrogen-bond donors (Lipinski definition) is 2. The highest BCUT2D eigenvalue weighted by atomic mass is 16.3. The van der Waals surface area contributed by atoms with E-state index in [0.29, 0.717) is 0 Å².